The van der Waals surface area contributed by atoms with Gasteiger partial charge >= 0.3 is 0 Å². The molecule has 1 amide bonds. The molecule has 2 aliphatic heterocycles. The molecule has 1 saturated heterocycles. The van der Waals surface area contributed by atoms with Gasteiger partial charge in [0.1, 0.15) is 4.90 Å². The van der Waals surface area contributed by atoms with E-state index in [-0.39, 0.29) is 41.5 Å². The van der Waals surface area contributed by atoms with Gasteiger partial charge in [-0.25, -0.2) is 8.42 Å². The van der Waals surface area contributed by atoms with Crippen LogP contribution in [0.3, 0.4) is 0 Å². The lowest BCUT2D eigenvalue weighted by molar-refractivity contribution is -0.115. The van der Waals surface area contributed by atoms with Crippen LogP contribution >= 0.6 is 11.6 Å². The molecule has 7 nitrogen and oxygen atoms in total. The summed E-state index contributed by atoms with van der Waals surface area (Å²) in [6.45, 7) is 3.53. The lowest BCUT2D eigenvalue weighted by Gasteiger charge is -2.26. The van der Waals surface area contributed by atoms with Crippen molar-refractivity contribution in [2.45, 2.75) is 24.3 Å². The Kier molecular flexibility index (Phi) is 6.02. The molecule has 2 heterocycles. The lowest BCUT2D eigenvalue weighted by Crippen LogP contribution is -2.40. The lowest BCUT2D eigenvalue weighted by atomic mass is 10.1. The van der Waals surface area contributed by atoms with E-state index in [1.807, 2.05) is 18.2 Å². The Morgan fingerprint density at radius 3 is 2.70 bits per heavy atom. The van der Waals surface area contributed by atoms with Gasteiger partial charge < -0.3 is 15.0 Å². The fourth-order valence-corrected chi connectivity index (χ4v) is 5.84. The summed E-state index contributed by atoms with van der Waals surface area (Å²) in [4.78, 5) is 14.8. The van der Waals surface area contributed by atoms with Gasteiger partial charge in [-0.15, -0.1) is 0 Å². The van der Waals surface area contributed by atoms with Crippen molar-refractivity contribution in [3.05, 3.63) is 53.1 Å². The number of para-hydroxylation sites is 1. The van der Waals surface area contributed by atoms with Crippen LogP contribution in [0.1, 0.15) is 12.5 Å². The van der Waals surface area contributed by atoms with Crippen molar-refractivity contribution in [3.63, 3.8) is 0 Å². The quantitative estimate of drug-likeness (QED) is 0.759. The van der Waals surface area contributed by atoms with Gasteiger partial charge in [0, 0.05) is 30.5 Å². The number of hydrogen-bond donors (Lipinski definition) is 1. The van der Waals surface area contributed by atoms with Crippen LogP contribution in [0.15, 0.2) is 47.4 Å². The van der Waals surface area contributed by atoms with Crippen molar-refractivity contribution < 1.29 is 17.9 Å². The zero-order chi connectivity index (χ0) is 21.3. The Bertz CT molecular complexity index is 1050. The second kappa shape index (κ2) is 8.55. The first-order chi connectivity index (χ1) is 14.4. The molecule has 0 aliphatic carbocycles. The SMILES string of the molecule is C[C@@H]1Cc2ccccc2N1CC(=O)Nc1ccc(Cl)c(S(=O)(=O)N2CCOCC2)c1. The number of ether oxygens (including phenoxy) is 1. The summed E-state index contributed by atoms with van der Waals surface area (Å²) in [5.41, 5.74) is 2.69. The number of benzene rings is 2. The van der Waals surface area contributed by atoms with Gasteiger partial charge in [0.15, 0.2) is 0 Å². The number of nitrogens with zero attached hydrogens (tertiary/aromatic N) is 2. The Balaban J connectivity index is 1.50. The highest BCUT2D eigenvalue weighted by Crippen LogP contribution is 2.32. The maximum atomic E-state index is 13.0. The number of carbonyl (C=O) groups excluding carboxylic acids is 1. The summed E-state index contributed by atoms with van der Waals surface area (Å²) in [7, 11) is -3.76. The minimum absolute atomic E-state index is 0.0104. The molecule has 0 unspecified atom stereocenters. The smallest absolute Gasteiger partial charge is 0.244 e. The van der Waals surface area contributed by atoms with E-state index in [1.165, 1.54) is 22.0 Å². The second-order valence-electron chi connectivity index (χ2n) is 7.52. The molecule has 2 aliphatic rings. The third kappa shape index (κ3) is 4.18. The highest BCUT2D eigenvalue weighted by molar-refractivity contribution is 7.89. The number of fused-ring (bicyclic) bond motifs is 1. The zero-order valence-electron chi connectivity index (χ0n) is 16.7. The summed E-state index contributed by atoms with van der Waals surface area (Å²) in [5, 5.41) is 2.94. The fourth-order valence-electron chi connectivity index (χ4n) is 3.93. The van der Waals surface area contributed by atoms with Crippen molar-refractivity contribution >= 4 is 38.9 Å². The Labute approximate surface area is 181 Å². The fraction of sp³-hybridized carbons (Fsp3) is 0.381. The molecule has 0 aromatic heterocycles. The molecule has 0 radical (unpaired) electrons. The molecule has 1 fully saturated rings. The summed E-state index contributed by atoms with van der Waals surface area (Å²) >= 11 is 6.19. The molecule has 0 spiro atoms. The molecule has 160 valence electrons. The van der Waals surface area contributed by atoms with E-state index < -0.39 is 10.0 Å². The molecule has 2 aromatic carbocycles. The highest BCUT2D eigenvalue weighted by Gasteiger charge is 2.30. The Hall–Kier alpha value is -2.13. The van der Waals surface area contributed by atoms with Crippen LogP contribution in [0.25, 0.3) is 0 Å². The third-order valence-electron chi connectivity index (χ3n) is 5.47. The van der Waals surface area contributed by atoms with Gasteiger partial charge in [0.2, 0.25) is 15.9 Å². The summed E-state index contributed by atoms with van der Waals surface area (Å²) in [6, 6.07) is 12.8. The van der Waals surface area contributed by atoms with Gasteiger partial charge in [-0.3, -0.25) is 4.79 Å². The van der Waals surface area contributed by atoms with Gasteiger partial charge in [0.25, 0.3) is 0 Å². The van der Waals surface area contributed by atoms with E-state index in [0.717, 1.165) is 12.1 Å². The van der Waals surface area contributed by atoms with Crippen LogP contribution in [-0.4, -0.2) is 57.5 Å². The summed E-state index contributed by atoms with van der Waals surface area (Å²) < 4.78 is 32.5. The monoisotopic (exact) mass is 449 g/mol. The molecule has 2 aromatic rings. The van der Waals surface area contributed by atoms with Gasteiger partial charge in [-0.2, -0.15) is 4.31 Å². The van der Waals surface area contributed by atoms with E-state index in [4.69, 9.17) is 16.3 Å². The number of anilines is 2. The van der Waals surface area contributed by atoms with Gasteiger partial charge in [-0.1, -0.05) is 29.8 Å². The van der Waals surface area contributed by atoms with Crippen molar-refractivity contribution in [1.82, 2.24) is 4.31 Å². The van der Waals surface area contributed by atoms with Crippen molar-refractivity contribution in [2.24, 2.45) is 0 Å². The first kappa shape index (κ1) is 21.1. The predicted octanol–water partition coefficient (Wildman–Crippen LogP) is 2.75. The first-order valence-corrected chi connectivity index (χ1v) is 11.7. The summed E-state index contributed by atoms with van der Waals surface area (Å²) in [5.74, 6) is -0.212. The van der Waals surface area contributed by atoms with Crippen LogP contribution in [-0.2, 0) is 26.0 Å². The molecule has 1 atom stereocenters. The number of nitrogens with one attached hydrogen (secondary N) is 1. The molecule has 30 heavy (non-hydrogen) atoms. The minimum atomic E-state index is -3.76. The average Bonchev–Trinajstić information content (AvgIpc) is 3.05. The van der Waals surface area contributed by atoms with E-state index >= 15 is 0 Å². The number of halogens is 1. The van der Waals surface area contributed by atoms with E-state index in [2.05, 4.69) is 23.2 Å². The Morgan fingerprint density at radius 2 is 1.93 bits per heavy atom. The number of sulfonamides is 1. The average molecular weight is 450 g/mol. The minimum Gasteiger partial charge on any atom is -0.379 e. The number of amides is 1. The standard InChI is InChI=1S/C21H24ClN3O4S/c1-15-12-16-4-2-3-5-19(16)25(15)14-21(26)23-17-6-7-18(22)20(13-17)30(27,28)24-8-10-29-11-9-24/h2-7,13,15H,8-12,14H2,1H3,(H,23,26)/t15-/m1/s1. The van der Waals surface area contributed by atoms with E-state index in [1.54, 1.807) is 6.07 Å². The molecule has 9 heteroatoms. The normalized spacial score (nSPS) is 19.5. The maximum Gasteiger partial charge on any atom is 0.244 e. The summed E-state index contributed by atoms with van der Waals surface area (Å²) in [6.07, 6.45) is 0.895. The van der Waals surface area contributed by atoms with Crippen LogP contribution in [0.5, 0.6) is 0 Å². The van der Waals surface area contributed by atoms with Crippen molar-refractivity contribution in [2.75, 3.05) is 43.1 Å². The first-order valence-electron chi connectivity index (χ1n) is 9.88. The maximum absolute atomic E-state index is 13.0. The van der Waals surface area contributed by atoms with Crippen LogP contribution in [0.4, 0.5) is 11.4 Å². The van der Waals surface area contributed by atoms with Crippen molar-refractivity contribution in [3.8, 4) is 0 Å². The molecule has 4 rings (SSSR count). The molecule has 0 saturated carbocycles. The second-order valence-corrected chi connectivity index (χ2v) is 9.83. The van der Waals surface area contributed by atoms with Crippen LogP contribution < -0.4 is 10.2 Å². The number of hydrogen-bond acceptors (Lipinski definition) is 5. The molecular weight excluding hydrogens is 426 g/mol. The third-order valence-corrected chi connectivity index (χ3v) is 7.85. The predicted molar refractivity (Wildman–Crippen MR) is 117 cm³/mol. The highest BCUT2D eigenvalue weighted by atomic mass is 35.5. The molecule has 0 bridgehead atoms. The van der Waals surface area contributed by atoms with E-state index in [9.17, 15) is 13.2 Å². The van der Waals surface area contributed by atoms with Crippen LogP contribution in [0, 0.1) is 0 Å². The Morgan fingerprint density at radius 1 is 1.20 bits per heavy atom. The van der Waals surface area contributed by atoms with Crippen molar-refractivity contribution in [1.29, 1.82) is 0 Å². The number of carbonyl (C=O) groups is 1. The number of morpholine rings is 1. The van der Waals surface area contributed by atoms with Gasteiger partial charge in [-0.05, 0) is 43.2 Å². The zero-order valence-corrected chi connectivity index (χ0v) is 18.2. The molecular formula is C21H24ClN3O4S. The van der Waals surface area contributed by atoms with E-state index in [0.29, 0.717) is 18.9 Å². The topological polar surface area (TPSA) is 79.0 Å². The molecule has 1 N–H and O–H groups in total. The largest absolute Gasteiger partial charge is 0.379 e. The van der Waals surface area contributed by atoms with Crippen LogP contribution in [0.2, 0.25) is 5.02 Å². The number of rotatable bonds is 5. The van der Waals surface area contributed by atoms with Gasteiger partial charge in [0.05, 0.1) is 24.8 Å².